The van der Waals surface area contributed by atoms with Crippen LogP contribution in [0.2, 0.25) is 0 Å². The Hall–Kier alpha value is -10.3. The van der Waals surface area contributed by atoms with Crippen molar-refractivity contribution < 1.29 is 100 Å². The minimum Gasteiger partial charge on any atom is -0.462 e. The van der Waals surface area contributed by atoms with Crippen molar-refractivity contribution in [3.05, 3.63) is 156 Å². The molecular formula is C66H80N4O21. The molecule has 3 aromatic carbocycles. The van der Waals surface area contributed by atoms with Crippen molar-refractivity contribution >= 4 is 66.0 Å². The lowest BCUT2D eigenvalue weighted by Crippen LogP contribution is -2.34. The second-order valence-electron chi connectivity index (χ2n) is 19.6. The number of hydrogen-bond acceptors (Lipinski definition) is 21. The standard InChI is InChI=1S/C66H80N4O21/c1-7-38-82-56(71)31-22-50-16-25-53(26-17-50)89-64(79)68-35-12-10-11-34-67-59(74)47(4)45-48(5)60(75)85-41-14-43-87-62(77)63(78)88-44-15-42-86-61(76)49(6)46-70(66(81)91-55-29-20-52(21-30-55)24-33-58(73)84-40-9-3)37-13-36-69-65(80)90-54-27-18-51(19-28-54)23-32-57(72)83-39-8-2/h7-9,16-21,25-30,46H,1-3,10-15,22-24,31-44H2,4-6H3,(H,67,74)(H,68,79)(H,69,80)/b49-46-. The van der Waals surface area contributed by atoms with Crippen LogP contribution in [-0.4, -0.2) is 143 Å². The first kappa shape index (κ1) is 75.0. The molecule has 0 atom stereocenters. The lowest BCUT2D eigenvalue weighted by atomic mass is 10.1. The van der Waals surface area contributed by atoms with Crippen LogP contribution in [0.4, 0.5) is 14.4 Å². The largest absolute Gasteiger partial charge is 0.462 e. The smallest absolute Gasteiger partial charge is 0.419 e. The van der Waals surface area contributed by atoms with Crippen LogP contribution in [0.3, 0.4) is 0 Å². The minimum atomic E-state index is -1.31. The van der Waals surface area contributed by atoms with Gasteiger partial charge < -0.3 is 63.3 Å². The summed E-state index contributed by atoms with van der Waals surface area (Å²) >= 11 is 0. The lowest BCUT2D eigenvalue weighted by molar-refractivity contribution is -0.168. The van der Waals surface area contributed by atoms with Crippen molar-refractivity contribution in [2.24, 2.45) is 0 Å². The van der Waals surface area contributed by atoms with Crippen LogP contribution < -0.4 is 30.2 Å². The average Bonchev–Trinajstić information content (AvgIpc) is 3.74. The number of unbranched alkanes of at least 4 members (excludes halogenated alkanes) is 2. The molecule has 0 heterocycles. The van der Waals surface area contributed by atoms with Crippen molar-refractivity contribution in [2.45, 2.75) is 97.8 Å². The first-order chi connectivity index (χ1) is 43.8. The topological polar surface area (TPSA) is 319 Å². The van der Waals surface area contributed by atoms with Crippen LogP contribution >= 0.6 is 0 Å². The van der Waals surface area contributed by atoms with Crippen molar-refractivity contribution in [1.29, 1.82) is 0 Å². The molecule has 0 unspecified atom stereocenters. The van der Waals surface area contributed by atoms with Crippen molar-refractivity contribution in [3.63, 3.8) is 0 Å². The maximum atomic E-state index is 13.5. The quantitative estimate of drug-likeness (QED) is 0.00921. The van der Waals surface area contributed by atoms with Crippen LogP contribution in [0.25, 0.3) is 0 Å². The summed E-state index contributed by atoms with van der Waals surface area (Å²) in [5.41, 5.74) is 5.30. The highest BCUT2D eigenvalue weighted by atomic mass is 16.6. The molecule has 0 aliphatic rings. The normalized spacial score (nSPS) is 10.5. The third-order valence-electron chi connectivity index (χ3n) is 12.2. The first-order valence-corrected chi connectivity index (χ1v) is 29.4. The number of hydrogen-bond donors (Lipinski definition) is 3. The zero-order valence-electron chi connectivity index (χ0n) is 51.6. The van der Waals surface area contributed by atoms with Crippen LogP contribution in [0.1, 0.15) is 95.2 Å². The van der Waals surface area contributed by atoms with E-state index in [9.17, 15) is 52.7 Å². The van der Waals surface area contributed by atoms with Gasteiger partial charge in [0, 0.05) is 64.5 Å². The molecule has 0 spiro atoms. The van der Waals surface area contributed by atoms with Gasteiger partial charge >= 0.3 is 60.1 Å². The van der Waals surface area contributed by atoms with Gasteiger partial charge in [-0.3, -0.25) is 24.1 Å². The molecule has 3 N–H and O–H groups in total. The highest BCUT2D eigenvalue weighted by Crippen LogP contribution is 2.18. The highest BCUT2D eigenvalue weighted by Gasteiger charge is 2.20. The maximum absolute atomic E-state index is 13.5. The number of nitrogens with one attached hydrogen (secondary N) is 3. The fourth-order valence-electron chi connectivity index (χ4n) is 7.42. The summed E-state index contributed by atoms with van der Waals surface area (Å²) in [7, 11) is 0. The summed E-state index contributed by atoms with van der Waals surface area (Å²) in [4.78, 5) is 137. The number of amides is 4. The summed E-state index contributed by atoms with van der Waals surface area (Å²) in [6, 6.07) is 19.8. The Bertz CT molecular complexity index is 3040. The fourth-order valence-corrected chi connectivity index (χ4v) is 7.42. The van der Waals surface area contributed by atoms with Crippen LogP contribution in [-0.2, 0) is 90.8 Å². The molecule has 25 heteroatoms. The summed E-state index contributed by atoms with van der Waals surface area (Å²) in [5, 5.41) is 8.01. The molecule has 490 valence electrons. The Morgan fingerprint density at radius 2 is 0.802 bits per heavy atom. The van der Waals surface area contributed by atoms with Gasteiger partial charge in [0.25, 0.3) is 5.91 Å². The Kier molecular flexibility index (Phi) is 36.4. The number of nitrogens with zero attached hydrogens (tertiary/aromatic N) is 1. The van der Waals surface area contributed by atoms with E-state index in [-0.39, 0.29) is 138 Å². The van der Waals surface area contributed by atoms with E-state index in [2.05, 4.69) is 41.4 Å². The Morgan fingerprint density at radius 1 is 0.429 bits per heavy atom. The number of aryl methyl sites for hydroxylation is 3. The molecule has 0 aromatic heterocycles. The summed E-state index contributed by atoms with van der Waals surface area (Å²) < 4.78 is 51.4. The minimum absolute atomic E-state index is 0.0162. The van der Waals surface area contributed by atoms with Gasteiger partial charge in [0.15, 0.2) is 0 Å². The molecule has 4 amide bonds. The number of carbonyl (C=O) groups excluding carboxylic acids is 11. The van der Waals surface area contributed by atoms with Crippen LogP contribution in [0.15, 0.2) is 139 Å². The Morgan fingerprint density at radius 3 is 1.22 bits per heavy atom. The molecule has 0 saturated heterocycles. The molecule has 3 aromatic rings. The van der Waals surface area contributed by atoms with E-state index in [1.807, 2.05) is 0 Å². The predicted octanol–water partition coefficient (Wildman–Crippen LogP) is 8.07. The van der Waals surface area contributed by atoms with Gasteiger partial charge in [-0.2, -0.15) is 0 Å². The number of rotatable bonds is 40. The molecule has 0 fully saturated rings. The van der Waals surface area contributed by atoms with Gasteiger partial charge in [0.2, 0.25) is 0 Å². The van der Waals surface area contributed by atoms with Crippen LogP contribution in [0, 0.1) is 0 Å². The van der Waals surface area contributed by atoms with Crippen molar-refractivity contribution in [3.8, 4) is 17.2 Å². The average molecular weight is 1270 g/mol. The lowest BCUT2D eigenvalue weighted by Gasteiger charge is -2.19. The zero-order chi connectivity index (χ0) is 66.6. The van der Waals surface area contributed by atoms with Gasteiger partial charge in [-0.25, -0.2) is 33.6 Å². The van der Waals surface area contributed by atoms with E-state index in [0.717, 1.165) is 21.6 Å². The Labute approximate surface area is 528 Å². The Balaban J connectivity index is 1.35. The van der Waals surface area contributed by atoms with E-state index < -0.39 is 54.0 Å². The first-order valence-electron chi connectivity index (χ1n) is 29.4. The van der Waals surface area contributed by atoms with E-state index in [0.29, 0.717) is 57.4 Å². The monoisotopic (exact) mass is 1260 g/mol. The summed E-state index contributed by atoms with van der Waals surface area (Å²) in [6.07, 6.45) is 7.24. The summed E-state index contributed by atoms with van der Waals surface area (Å²) in [6.45, 7) is 14.8. The second kappa shape index (κ2) is 44.2. The van der Waals surface area contributed by atoms with Gasteiger partial charge in [0.05, 0.1) is 43.1 Å². The molecular weight excluding hydrogens is 1180 g/mol. The maximum Gasteiger partial charge on any atom is 0.419 e. The third kappa shape index (κ3) is 33.6. The fraction of sp³-hybridized carbons (Fsp3) is 0.394. The molecule has 0 saturated carbocycles. The molecule has 91 heavy (non-hydrogen) atoms. The molecule has 25 nitrogen and oxygen atoms in total. The molecule has 0 aliphatic carbocycles. The molecule has 0 bridgehead atoms. The third-order valence-corrected chi connectivity index (χ3v) is 12.2. The van der Waals surface area contributed by atoms with Crippen molar-refractivity contribution in [1.82, 2.24) is 20.9 Å². The van der Waals surface area contributed by atoms with Gasteiger partial charge in [-0.1, -0.05) is 74.4 Å². The highest BCUT2D eigenvalue weighted by molar-refractivity contribution is 6.29. The van der Waals surface area contributed by atoms with Crippen molar-refractivity contribution in [2.75, 3.05) is 72.4 Å². The molecule has 3 rings (SSSR count). The SMILES string of the molecule is C=CCOC(=O)CCc1ccc(OC(=O)NCCCCCNC(=O)C(C)=C=C(C)C(=O)OCCCOC(=O)C(=O)OCCCOC(=O)/C(C)=C\N(CCCNC(=O)Oc2ccc(CCC(=O)OCC=C)cc2)C(=O)Oc2ccc(CCC(=O)OCC=C)cc2)cc1. The number of benzene rings is 3. The predicted molar refractivity (Wildman–Crippen MR) is 329 cm³/mol. The number of esters is 7. The van der Waals surface area contributed by atoms with Gasteiger partial charge in [-0.05, 0) is 119 Å². The van der Waals surface area contributed by atoms with Crippen LogP contribution in [0.5, 0.6) is 17.2 Å². The molecule has 0 aliphatic heterocycles. The zero-order valence-corrected chi connectivity index (χ0v) is 51.6. The van der Waals surface area contributed by atoms with E-state index >= 15 is 0 Å². The number of carbonyl (C=O) groups is 11. The summed E-state index contributed by atoms with van der Waals surface area (Å²) in [5.74, 6) is -5.02. The van der Waals surface area contributed by atoms with E-state index in [4.69, 9.17) is 47.4 Å². The number of ether oxygens (including phenoxy) is 10. The molecule has 0 radical (unpaired) electrons. The van der Waals surface area contributed by atoms with Gasteiger partial charge in [0.1, 0.15) is 37.1 Å². The van der Waals surface area contributed by atoms with Gasteiger partial charge in [-0.15, -0.1) is 5.73 Å². The second-order valence-corrected chi connectivity index (χ2v) is 19.6. The van der Waals surface area contributed by atoms with E-state index in [1.165, 1.54) is 57.3 Å². The van der Waals surface area contributed by atoms with E-state index in [1.54, 1.807) is 60.7 Å².